The van der Waals surface area contributed by atoms with Crippen LogP contribution in [0.2, 0.25) is 0 Å². The number of allylic oxidation sites excluding steroid dienone is 2. The van der Waals surface area contributed by atoms with Crippen LogP contribution < -0.4 is 5.32 Å². The number of amides is 1. The van der Waals surface area contributed by atoms with Gasteiger partial charge in [0.1, 0.15) is 6.04 Å². The van der Waals surface area contributed by atoms with Gasteiger partial charge in [0.25, 0.3) is 0 Å². The molecule has 1 unspecified atom stereocenters. The molecule has 126 valence electrons. The first-order chi connectivity index (χ1) is 10.3. The normalized spacial score (nSPS) is 22.9. The molecule has 0 aliphatic heterocycles. The van der Waals surface area contributed by atoms with E-state index in [1.807, 2.05) is 0 Å². The van der Waals surface area contributed by atoms with Gasteiger partial charge in [-0.1, -0.05) is 32.4 Å². The molecule has 0 fully saturated rings. The number of thioether (sulfide) groups is 1. The topological polar surface area (TPSA) is 55.4 Å². The van der Waals surface area contributed by atoms with Gasteiger partial charge >= 0.3 is 5.97 Å². The van der Waals surface area contributed by atoms with Crippen molar-refractivity contribution in [3.8, 4) is 0 Å². The fourth-order valence-electron chi connectivity index (χ4n) is 2.56. The average molecular weight is 327 g/mol. The molecule has 1 N–H and O–H groups in total. The van der Waals surface area contributed by atoms with E-state index in [1.165, 1.54) is 12.5 Å². The molecule has 0 radical (unpaired) electrons. The van der Waals surface area contributed by atoms with Gasteiger partial charge in [-0.15, -0.1) is 0 Å². The van der Waals surface area contributed by atoms with Gasteiger partial charge in [-0.2, -0.15) is 11.8 Å². The Bertz CT molecular complexity index is 434. The van der Waals surface area contributed by atoms with Crippen LogP contribution in [0.4, 0.5) is 0 Å². The van der Waals surface area contributed by atoms with E-state index in [1.54, 1.807) is 18.7 Å². The van der Waals surface area contributed by atoms with Crippen LogP contribution in [0.1, 0.15) is 53.9 Å². The van der Waals surface area contributed by atoms with Gasteiger partial charge < -0.3 is 10.1 Å². The Kier molecular flexibility index (Phi) is 7.46. The van der Waals surface area contributed by atoms with Crippen LogP contribution in [0.15, 0.2) is 11.6 Å². The lowest BCUT2D eigenvalue weighted by atomic mass is 9.85. The quantitative estimate of drug-likeness (QED) is 0.576. The smallest absolute Gasteiger partial charge is 0.329 e. The minimum Gasteiger partial charge on any atom is -0.464 e. The summed E-state index contributed by atoms with van der Waals surface area (Å²) in [6, 6.07) is -0.560. The third-order valence-electron chi connectivity index (χ3n) is 4.03. The second kappa shape index (κ2) is 8.61. The Morgan fingerprint density at radius 1 is 1.45 bits per heavy atom. The zero-order chi connectivity index (χ0) is 16.8. The SMILES string of the molecule is CCOC(=O)[C@H](CSC1(C)CC=C(C(C)C)CC1)NC(C)=O. The molecule has 22 heavy (non-hydrogen) atoms. The molecule has 0 bridgehead atoms. The number of esters is 1. The minimum absolute atomic E-state index is 0.127. The highest BCUT2D eigenvalue weighted by Gasteiger charge is 2.31. The molecule has 0 saturated heterocycles. The molecule has 0 heterocycles. The van der Waals surface area contributed by atoms with Gasteiger partial charge in [0.15, 0.2) is 0 Å². The van der Waals surface area contributed by atoms with Crippen molar-refractivity contribution in [3.05, 3.63) is 11.6 Å². The summed E-state index contributed by atoms with van der Waals surface area (Å²) < 4.78 is 5.17. The third kappa shape index (κ3) is 6.03. The van der Waals surface area contributed by atoms with Gasteiger partial charge in [-0.3, -0.25) is 4.79 Å². The number of nitrogens with one attached hydrogen (secondary N) is 1. The molecule has 0 saturated carbocycles. The highest BCUT2D eigenvalue weighted by Crippen LogP contribution is 2.40. The summed E-state index contributed by atoms with van der Waals surface area (Å²) in [6.07, 6.45) is 5.59. The summed E-state index contributed by atoms with van der Waals surface area (Å²) in [4.78, 5) is 23.2. The number of carbonyl (C=O) groups is 2. The van der Waals surface area contributed by atoms with E-state index in [2.05, 4.69) is 32.2 Å². The standard InChI is InChI=1S/C17H29NO3S/c1-6-21-16(20)15(18-13(4)19)11-22-17(5)9-7-14(8-10-17)12(2)3/h7,12,15H,6,8-11H2,1-5H3,(H,18,19)/t15-,17?/m0/s1. The molecule has 4 nitrogen and oxygen atoms in total. The molecular formula is C17H29NO3S. The summed E-state index contributed by atoms with van der Waals surface area (Å²) >= 11 is 1.76. The monoisotopic (exact) mass is 327 g/mol. The number of rotatable bonds is 7. The average Bonchev–Trinajstić information content (AvgIpc) is 2.43. The van der Waals surface area contributed by atoms with Gasteiger partial charge in [0, 0.05) is 17.4 Å². The summed E-state index contributed by atoms with van der Waals surface area (Å²) in [7, 11) is 0. The molecule has 0 aromatic heterocycles. The first-order valence-electron chi connectivity index (χ1n) is 8.04. The number of ether oxygens (including phenoxy) is 1. The van der Waals surface area contributed by atoms with Crippen LogP contribution in [0.5, 0.6) is 0 Å². The third-order valence-corrected chi connectivity index (χ3v) is 5.59. The summed E-state index contributed by atoms with van der Waals surface area (Å²) in [6.45, 7) is 10.2. The maximum absolute atomic E-state index is 11.9. The van der Waals surface area contributed by atoms with Gasteiger partial charge in [-0.05, 0) is 32.1 Å². The van der Waals surface area contributed by atoms with Crippen molar-refractivity contribution < 1.29 is 14.3 Å². The minimum atomic E-state index is -0.560. The molecule has 1 amide bonds. The van der Waals surface area contributed by atoms with Gasteiger partial charge in [-0.25, -0.2) is 4.79 Å². The van der Waals surface area contributed by atoms with Crippen molar-refractivity contribution in [3.63, 3.8) is 0 Å². The molecule has 1 aliphatic carbocycles. The van der Waals surface area contributed by atoms with E-state index in [0.29, 0.717) is 18.3 Å². The summed E-state index contributed by atoms with van der Waals surface area (Å²) in [5.41, 5.74) is 1.53. The first kappa shape index (κ1) is 19.1. The van der Waals surface area contributed by atoms with Crippen molar-refractivity contribution in [1.29, 1.82) is 0 Å². The van der Waals surface area contributed by atoms with E-state index in [9.17, 15) is 9.59 Å². The molecule has 0 aromatic rings. The molecule has 0 spiro atoms. The lowest BCUT2D eigenvalue weighted by molar-refractivity contribution is -0.146. The van der Waals surface area contributed by atoms with Crippen molar-refractivity contribution in [2.75, 3.05) is 12.4 Å². The zero-order valence-electron chi connectivity index (χ0n) is 14.4. The predicted octanol–water partition coefficient (Wildman–Crippen LogP) is 3.31. The highest BCUT2D eigenvalue weighted by molar-refractivity contribution is 8.00. The Morgan fingerprint density at radius 3 is 2.59 bits per heavy atom. The molecule has 2 atom stereocenters. The maximum atomic E-state index is 11.9. The Labute approximate surface area is 138 Å². The molecule has 5 heteroatoms. The van der Waals surface area contributed by atoms with Crippen LogP contribution in [-0.4, -0.2) is 35.0 Å². The summed E-state index contributed by atoms with van der Waals surface area (Å²) in [5, 5.41) is 2.70. The molecule has 0 aromatic carbocycles. The van der Waals surface area contributed by atoms with Crippen molar-refractivity contribution >= 4 is 23.6 Å². The predicted molar refractivity (Wildman–Crippen MR) is 91.9 cm³/mol. The molecule has 1 rings (SSSR count). The highest BCUT2D eigenvalue weighted by atomic mass is 32.2. The fourth-order valence-corrected chi connectivity index (χ4v) is 3.79. The van der Waals surface area contributed by atoms with Gasteiger partial charge in [0.05, 0.1) is 6.61 Å². The Hall–Kier alpha value is -0.970. The van der Waals surface area contributed by atoms with E-state index in [-0.39, 0.29) is 16.6 Å². The van der Waals surface area contributed by atoms with Crippen LogP contribution >= 0.6 is 11.8 Å². The Morgan fingerprint density at radius 2 is 2.14 bits per heavy atom. The fraction of sp³-hybridized carbons (Fsp3) is 0.765. The van der Waals surface area contributed by atoms with E-state index in [0.717, 1.165) is 19.3 Å². The zero-order valence-corrected chi connectivity index (χ0v) is 15.2. The molecular weight excluding hydrogens is 298 g/mol. The van der Waals surface area contributed by atoms with Crippen molar-refractivity contribution in [2.45, 2.75) is 64.7 Å². The lowest BCUT2D eigenvalue weighted by Gasteiger charge is -2.34. The Balaban J connectivity index is 2.60. The van der Waals surface area contributed by atoms with Crippen molar-refractivity contribution in [1.82, 2.24) is 5.32 Å². The summed E-state index contributed by atoms with van der Waals surface area (Å²) in [5.74, 6) is 0.624. The number of hydrogen-bond acceptors (Lipinski definition) is 4. The second-order valence-corrected chi connectivity index (χ2v) is 8.01. The van der Waals surface area contributed by atoms with Gasteiger partial charge in [0.2, 0.25) is 5.91 Å². The lowest BCUT2D eigenvalue weighted by Crippen LogP contribution is -2.43. The van der Waals surface area contributed by atoms with E-state index >= 15 is 0 Å². The molecule has 1 aliphatic rings. The van der Waals surface area contributed by atoms with Crippen LogP contribution in [0.25, 0.3) is 0 Å². The van der Waals surface area contributed by atoms with Crippen LogP contribution in [-0.2, 0) is 14.3 Å². The van der Waals surface area contributed by atoms with Crippen molar-refractivity contribution in [2.24, 2.45) is 5.92 Å². The van der Waals surface area contributed by atoms with E-state index in [4.69, 9.17) is 4.74 Å². The first-order valence-corrected chi connectivity index (χ1v) is 9.02. The maximum Gasteiger partial charge on any atom is 0.329 e. The number of carbonyl (C=O) groups excluding carboxylic acids is 2. The second-order valence-electron chi connectivity index (χ2n) is 6.40. The number of hydrogen-bond donors (Lipinski definition) is 1. The van der Waals surface area contributed by atoms with Crippen LogP contribution in [0, 0.1) is 5.92 Å². The van der Waals surface area contributed by atoms with Crippen LogP contribution in [0.3, 0.4) is 0 Å². The largest absolute Gasteiger partial charge is 0.464 e. The van der Waals surface area contributed by atoms with E-state index < -0.39 is 6.04 Å².